The Balaban J connectivity index is 2.17. The number of ether oxygens (including phenoxy) is 1. The van der Waals surface area contributed by atoms with Gasteiger partial charge in [-0.15, -0.1) is 5.10 Å². The third-order valence-corrected chi connectivity index (χ3v) is 2.57. The lowest BCUT2D eigenvalue weighted by Gasteiger charge is -2.23. The molecule has 5 heteroatoms. The lowest BCUT2D eigenvalue weighted by atomic mass is 10.1. The molecule has 2 heterocycles. The SMILES string of the molecule is CC(O)c1cnnn1C1CCOCC1. The predicted octanol–water partition coefficient (Wildman–Crippen LogP) is 0.683. The number of nitrogens with zero attached hydrogens (tertiary/aromatic N) is 3. The molecule has 0 amide bonds. The first kappa shape index (κ1) is 9.61. The van der Waals surface area contributed by atoms with Gasteiger partial charge in [0.1, 0.15) is 0 Å². The van der Waals surface area contributed by atoms with E-state index >= 15 is 0 Å². The molecule has 0 aliphatic carbocycles. The third kappa shape index (κ3) is 1.78. The van der Waals surface area contributed by atoms with Gasteiger partial charge < -0.3 is 9.84 Å². The van der Waals surface area contributed by atoms with Gasteiger partial charge in [0.25, 0.3) is 0 Å². The molecule has 1 aromatic heterocycles. The van der Waals surface area contributed by atoms with Gasteiger partial charge in [0.05, 0.1) is 24.0 Å². The molecule has 1 aliphatic heterocycles. The Hall–Kier alpha value is -0.940. The summed E-state index contributed by atoms with van der Waals surface area (Å²) in [5.74, 6) is 0. The number of rotatable bonds is 2. The number of aliphatic hydroxyl groups excluding tert-OH is 1. The molecule has 1 N–H and O–H groups in total. The van der Waals surface area contributed by atoms with Crippen molar-refractivity contribution < 1.29 is 9.84 Å². The Bertz CT molecular complexity index is 292. The van der Waals surface area contributed by atoms with Gasteiger partial charge in [-0.2, -0.15) is 0 Å². The highest BCUT2D eigenvalue weighted by molar-refractivity contribution is 4.99. The van der Waals surface area contributed by atoms with E-state index in [1.807, 2.05) is 4.68 Å². The van der Waals surface area contributed by atoms with E-state index in [9.17, 15) is 5.11 Å². The summed E-state index contributed by atoms with van der Waals surface area (Å²) in [4.78, 5) is 0. The van der Waals surface area contributed by atoms with Crippen molar-refractivity contribution in [3.63, 3.8) is 0 Å². The Morgan fingerprint density at radius 3 is 2.93 bits per heavy atom. The van der Waals surface area contributed by atoms with Crippen LogP contribution < -0.4 is 0 Å². The fraction of sp³-hybridized carbons (Fsp3) is 0.778. The van der Waals surface area contributed by atoms with Gasteiger partial charge in [0.15, 0.2) is 0 Å². The molecule has 0 spiro atoms. The summed E-state index contributed by atoms with van der Waals surface area (Å²) < 4.78 is 7.10. The smallest absolute Gasteiger partial charge is 0.0945 e. The van der Waals surface area contributed by atoms with Crippen LogP contribution in [0.1, 0.15) is 37.6 Å². The summed E-state index contributed by atoms with van der Waals surface area (Å²) in [6.07, 6.45) is 3.01. The molecule has 5 nitrogen and oxygen atoms in total. The van der Waals surface area contributed by atoms with Crippen LogP contribution in [0.15, 0.2) is 6.20 Å². The van der Waals surface area contributed by atoms with Gasteiger partial charge >= 0.3 is 0 Å². The largest absolute Gasteiger partial charge is 0.387 e. The van der Waals surface area contributed by atoms with Crippen molar-refractivity contribution in [2.75, 3.05) is 13.2 Å². The summed E-state index contributed by atoms with van der Waals surface area (Å²) >= 11 is 0. The number of hydrogen-bond donors (Lipinski definition) is 1. The monoisotopic (exact) mass is 197 g/mol. The Morgan fingerprint density at radius 2 is 2.29 bits per heavy atom. The van der Waals surface area contributed by atoms with Gasteiger partial charge in [-0.05, 0) is 19.8 Å². The molecule has 78 valence electrons. The topological polar surface area (TPSA) is 60.2 Å². The zero-order chi connectivity index (χ0) is 9.97. The molecule has 1 atom stereocenters. The summed E-state index contributed by atoms with van der Waals surface area (Å²) in [6.45, 7) is 3.27. The molecule has 1 saturated heterocycles. The van der Waals surface area contributed by atoms with Crippen LogP contribution in [0.2, 0.25) is 0 Å². The minimum absolute atomic E-state index is 0.329. The fourth-order valence-corrected chi connectivity index (χ4v) is 1.76. The zero-order valence-corrected chi connectivity index (χ0v) is 8.26. The first-order valence-corrected chi connectivity index (χ1v) is 4.95. The van der Waals surface area contributed by atoms with Crippen LogP contribution >= 0.6 is 0 Å². The van der Waals surface area contributed by atoms with E-state index in [-0.39, 0.29) is 0 Å². The van der Waals surface area contributed by atoms with Crippen LogP contribution in [-0.4, -0.2) is 33.3 Å². The number of aliphatic hydroxyl groups is 1. The van der Waals surface area contributed by atoms with Crippen molar-refractivity contribution in [2.45, 2.75) is 31.9 Å². The van der Waals surface area contributed by atoms with Crippen molar-refractivity contribution in [3.8, 4) is 0 Å². The van der Waals surface area contributed by atoms with E-state index in [2.05, 4.69) is 10.3 Å². The lowest BCUT2D eigenvalue weighted by molar-refractivity contribution is 0.0619. The molecular weight excluding hydrogens is 182 g/mol. The minimum Gasteiger partial charge on any atom is -0.387 e. The van der Waals surface area contributed by atoms with Crippen molar-refractivity contribution in [1.29, 1.82) is 0 Å². The second-order valence-electron chi connectivity index (χ2n) is 3.62. The van der Waals surface area contributed by atoms with Crippen LogP contribution in [0, 0.1) is 0 Å². The molecule has 1 fully saturated rings. The highest BCUT2D eigenvalue weighted by Gasteiger charge is 2.20. The molecule has 0 bridgehead atoms. The van der Waals surface area contributed by atoms with Gasteiger partial charge in [-0.3, -0.25) is 0 Å². The van der Waals surface area contributed by atoms with Crippen molar-refractivity contribution in [1.82, 2.24) is 15.0 Å². The Morgan fingerprint density at radius 1 is 1.57 bits per heavy atom. The Kier molecular flexibility index (Phi) is 2.79. The lowest BCUT2D eigenvalue weighted by Crippen LogP contribution is -2.22. The number of aromatic nitrogens is 3. The van der Waals surface area contributed by atoms with Gasteiger partial charge in [0, 0.05) is 13.2 Å². The second kappa shape index (κ2) is 4.06. The molecule has 2 rings (SSSR count). The van der Waals surface area contributed by atoms with E-state index in [1.165, 1.54) is 0 Å². The van der Waals surface area contributed by atoms with Gasteiger partial charge in [-0.1, -0.05) is 5.21 Å². The summed E-state index contributed by atoms with van der Waals surface area (Å²) in [7, 11) is 0. The third-order valence-electron chi connectivity index (χ3n) is 2.57. The highest BCUT2D eigenvalue weighted by Crippen LogP contribution is 2.23. The van der Waals surface area contributed by atoms with Gasteiger partial charge in [-0.25, -0.2) is 4.68 Å². The maximum absolute atomic E-state index is 9.49. The second-order valence-corrected chi connectivity index (χ2v) is 3.62. The average molecular weight is 197 g/mol. The van der Waals surface area contributed by atoms with Crippen LogP contribution in [0.5, 0.6) is 0 Å². The molecule has 0 aromatic carbocycles. The first-order chi connectivity index (χ1) is 6.79. The summed E-state index contributed by atoms with van der Waals surface area (Å²) in [5, 5.41) is 17.3. The van der Waals surface area contributed by atoms with Crippen LogP contribution in [0.3, 0.4) is 0 Å². The van der Waals surface area contributed by atoms with Crippen molar-refractivity contribution in [3.05, 3.63) is 11.9 Å². The van der Waals surface area contributed by atoms with Crippen molar-refractivity contribution >= 4 is 0 Å². The van der Waals surface area contributed by atoms with E-state index in [0.29, 0.717) is 6.04 Å². The van der Waals surface area contributed by atoms with Crippen LogP contribution in [0.4, 0.5) is 0 Å². The van der Waals surface area contributed by atoms with E-state index in [1.54, 1.807) is 13.1 Å². The van der Waals surface area contributed by atoms with E-state index in [0.717, 1.165) is 31.7 Å². The number of hydrogen-bond acceptors (Lipinski definition) is 4. The molecule has 0 saturated carbocycles. The predicted molar refractivity (Wildman–Crippen MR) is 49.7 cm³/mol. The normalized spacial score (nSPS) is 21.0. The van der Waals surface area contributed by atoms with Crippen molar-refractivity contribution in [2.24, 2.45) is 0 Å². The van der Waals surface area contributed by atoms with Crippen LogP contribution in [-0.2, 0) is 4.74 Å². The molecule has 0 radical (unpaired) electrons. The maximum Gasteiger partial charge on any atom is 0.0945 e. The highest BCUT2D eigenvalue weighted by atomic mass is 16.5. The molecule has 1 aliphatic rings. The van der Waals surface area contributed by atoms with E-state index in [4.69, 9.17) is 4.74 Å². The quantitative estimate of drug-likeness (QED) is 0.757. The zero-order valence-electron chi connectivity index (χ0n) is 8.26. The molecular formula is C9H15N3O2. The maximum atomic E-state index is 9.49. The Labute approximate surface area is 82.7 Å². The van der Waals surface area contributed by atoms with Crippen LogP contribution in [0.25, 0.3) is 0 Å². The minimum atomic E-state index is -0.507. The van der Waals surface area contributed by atoms with Gasteiger partial charge in [0.2, 0.25) is 0 Å². The summed E-state index contributed by atoms with van der Waals surface area (Å²) in [6, 6.07) is 0.329. The molecule has 1 aromatic rings. The van der Waals surface area contributed by atoms with E-state index < -0.39 is 6.10 Å². The fourth-order valence-electron chi connectivity index (χ4n) is 1.76. The molecule has 1 unspecified atom stereocenters. The molecule has 14 heavy (non-hydrogen) atoms. The standard InChI is InChI=1S/C9H15N3O2/c1-7(13)9-6-10-11-12(9)8-2-4-14-5-3-8/h6-8,13H,2-5H2,1H3. The first-order valence-electron chi connectivity index (χ1n) is 4.95. The average Bonchev–Trinajstić information content (AvgIpc) is 2.67. The summed E-state index contributed by atoms with van der Waals surface area (Å²) in [5.41, 5.74) is 0.789.